The van der Waals surface area contributed by atoms with Crippen LogP contribution in [0.4, 0.5) is 0 Å². The molecule has 0 bridgehead atoms. The van der Waals surface area contributed by atoms with Crippen LogP contribution in [0.15, 0.2) is 0 Å². The Morgan fingerprint density at radius 2 is 0.833 bits per heavy atom. The molecule has 0 heterocycles. The Balaban J connectivity index is -0.00000000500. The van der Waals surface area contributed by atoms with Gasteiger partial charge < -0.3 is 9.32 Å². The van der Waals surface area contributed by atoms with E-state index in [0.717, 1.165) is 0 Å². The standard InChI is InChI=1S/2ClO.Cu.H2S/c2*1-2;;/h;;;1H2/q2*-1;+2;. The van der Waals surface area contributed by atoms with Crippen LogP contribution in [0, 0.1) is 0 Å². The summed E-state index contributed by atoms with van der Waals surface area (Å²) in [4.78, 5) is 0. The molecule has 6 heteroatoms. The SMILES string of the molecule is S.[Cu+2].[O-]Cl.[O-]Cl. The number of hydrogen-bond acceptors (Lipinski definition) is 2. The van der Waals surface area contributed by atoms with Crippen molar-refractivity contribution >= 4 is 37.2 Å². The maximum Gasteiger partial charge on any atom is 2.00 e. The molecule has 0 fully saturated rings. The molecule has 0 spiro atoms. The van der Waals surface area contributed by atoms with E-state index < -0.39 is 0 Å². The zero-order chi connectivity index (χ0) is 4.00. The molecule has 0 aromatic carbocycles. The second-order valence-corrected chi connectivity index (χ2v) is 0. The van der Waals surface area contributed by atoms with Crippen molar-refractivity contribution in [2.75, 3.05) is 0 Å². The largest absolute Gasteiger partial charge is 2.00 e. The van der Waals surface area contributed by atoms with Crippen LogP contribution in [0.25, 0.3) is 0 Å². The zero-order valence-corrected chi connectivity index (χ0v) is 5.83. The summed E-state index contributed by atoms with van der Waals surface area (Å²) in [6.07, 6.45) is 0. The van der Waals surface area contributed by atoms with E-state index in [1.54, 1.807) is 0 Å². The van der Waals surface area contributed by atoms with Crippen molar-refractivity contribution in [1.29, 1.82) is 0 Å². The van der Waals surface area contributed by atoms with Gasteiger partial charge in [0.25, 0.3) is 0 Å². The van der Waals surface area contributed by atoms with Gasteiger partial charge in [-0.25, -0.2) is 23.7 Å². The average molecular weight is 201 g/mol. The van der Waals surface area contributed by atoms with Gasteiger partial charge in [0.05, 0.1) is 0 Å². The van der Waals surface area contributed by atoms with Crippen molar-refractivity contribution in [3.8, 4) is 0 Å². The Morgan fingerprint density at radius 3 is 0.833 bits per heavy atom. The van der Waals surface area contributed by atoms with Gasteiger partial charge in [-0.3, -0.25) is 0 Å². The van der Waals surface area contributed by atoms with Crippen LogP contribution in [-0.2, 0) is 17.1 Å². The first kappa shape index (κ1) is 26.3. The topological polar surface area (TPSA) is 46.1 Å². The molecule has 1 radical (unpaired) electrons. The van der Waals surface area contributed by atoms with E-state index in [4.69, 9.17) is 9.32 Å². The Kier molecular flexibility index (Phi) is 430. The predicted octanol–water partition coefficient (Wildman–Crippen LogP) is -0.889. The summed E-state index contributed by atoms with van der Waals surface area (Å²) in [5.74, 6) is 0. The van der Waals surface area contributed by atoms with Crippen LogP contribution >= 0.6 is 37.2 Å². The van der Waals surface area contributed by atoms with Crippen LogP contribution in [0.2, 0.25) is 0 Å². The summed E-state index contributed by atoms with van der Waals surface area (Å²) < 4.78 is 15.4. The molecular weight excluding hydrogens is 199 g/mol. The van der Waals surface area contributed by atoms with Crippen LogP contribution in [-0.4, -0.2) is 0 Å². The minimum Gasteiger partial charge on any atom is -0.769 e. The molecule has 0 saturated carbocycles. The van der Waals surface area contributed by atoms with Crippen LogP contribution < -0.4 is 9.32 Å². The first-order valence-electron chi connectivity index (χ1n) is 0.309. The maximum atomic E-state index is 7.72. The second kappa shape index (κ2) is 97.9. The van der Waals surface area contributed by atoms with E-state index in [1.165, 1.54) is 0 Å². The quantitative estimate of drug-likeness (QED) is 0.477. The van der Waals surface area contributed by atoms with E-state index in [0.29, 0.717) is 0 Å². The minimum absolute atomic E-state index is 0. The molecule has 0 aromatic heterocycles. The molecule has 0 aliphatic carbocycles. The molecule has 6 heavy (non-hydrogen) atoms. The van der Waals surface area contributed by atoms with E-state index in [1.807, 2.05) is 0 Å². The molecule has 0 rings (SSSR count). The first-order valence-corrected chi connectivity index (χ1v) is 0.926. The average Bonchev–Trinajstić information content (AvgIpc) is 1.50. The Morgan fingerprint density at radius 1 is 0.833 bits per heavy atom. The van der Waals surface area contributed by atoms with Crippen LogP contribution in [0.5, 0.6) is 0 Å². The number of halogens is 2. The van der Waals surface area contributed by atoms with Gasteiger partial charge in [-0.1, -0.05) is 0 Å². The van der Waals surface area contributed by atoms with Crippen molar-refractivity contribution in [3.05, 3.63) is 0 Å². The number of rotatable bonds is 0. The summed E-state index contributed by atoms with van der Waals surface area (Å²) in [7, 11) is 0. The summed E-state index contributed by atoms with van der Waals surface area (Å²) in [6, 6.07) is 0. The normalized spacial score (nSPS) is 2.00. The Bertz CT molecular complexity index is 11.5. The fourth-order valence-electron chi connectivity index (χ4n) is 0. The van der Waals surface area contributed by atoms with E-state index in [9.17, 15) is 0 Å². The maximum absolute atomic E-state index is 7.72. The molecule has 0 atom stereocenters. The third-order valence-electron chi connectivity index (χ3n) is 0. The van der Waals surface area contributed by atoms with Gasteiger partial charge in [-0.2, -0.15) is 13.5 Å². The smallest absolute Gasteiger partial charge is 0.769 e. The fourth-order valence-corrected chi connectivity index (χ4v) is 0. The molecular formula is H2Cl2CuO2S. The number of hydrogen-bond donors (Lipinski definition) is 0. The van der Waals surface area contributed by atoms with E-state index >= 15 is 0 Å². The summed E-state index contributed by atoms with van der Waals surface area (Å²) in [5, 5.41) is 0. The van der Waals surface area contributed by atoms with Crippen LogP contribution in [0.1, 0.15) is 0 Å². The summed E-state index contributed by atoms with van der Waals surface area (Å²) >= 11 is 6.78. The van der Waals surface area contributed by atoms with Gasteiger partial charge in [-0.05, 0) is 0 Å². The third-order valence-corrected chi connectivity index (χ3v) is 0. The molecule has 45 valence electrons. The van der Waals surface area contributed by atoms with Crippen molar-refractivity contribution in [1.82, 2.24) is 0 Å². The molecule has 0 amide bonds. The monoisotopic (exact) mass is 199 g/mol. The van der Waals surface area contributed by atoms with E-state index in [-0.39, 0.29) is 30.6 Å². The van der Waals surface area contributed by atoms with Gasteiger partial charge >= 0.3 is 17.1 Å². The Labute approximate surface area is 63.7 Å². The van der Waals surface area contributed by atoms with Gasteiger partial charge in [0.15, 0.2) is 0 Å². The molecule has 0 aliphatic heterocycles. The predicted molar refractivity (Wildman–Crippen MR) is 22.1 cm³/mol. The van der Waals surface area contributed by atoms with Crippen LogP contribution in [0.3, 0.4) is 0 Å². The van der Waals surface area contributed by atoms with Crippen molar-refractivity contribution in [2.45, 2.75) is 0 Å². The molecule has 0 aromatic rings. The van der Waals surface area contributed by atoms with Gasteiger partial charge in [-0.15, -0.1) is 0 Å². The van der Waals surface area contributed by atoms with Gasteiger partial charge in [0, 0.05) is 0 Å². The summed E-state index contributed by atoms with van der Waals surface area (Å²) in [5.41, 5.74) is 0. The van der Waals surface area contributed by atoms with Gasteiger partial charge in [0.1, 0.15) is 0 Å². The van der Waals surface area contributed by atoms with Crippen molar-refractivity contribution < 1.29 is 26.4 Å². The van der Waals surface area contributed by atoms with Crippen molar-refractivity contribution in [3.63, 3.8) is 0 Å². The molecule has 0 aliphatic rings. The third kappa shape index (κ3) is 54.7. The molecule has 0 unspecified atom stereocenters. The summed E-state index contributed by atoms with van der Waals surface area (Å²) in [6.45, 7) is 0. The molecule has 0 saturated heterocycles. The fraction of sp³-hybridized carbons (Fsp3) is 0. The minimum atomic E-state index is 0. The first-order chi connectivity index (χ1) is 2.00. The second-order valence-electron chi connectivity index (χ2n) is 0. The van der Waals surface area contributed by atoms with Crippen molar-refractivity contribution in [2.24, 2.45) is 0 Å². The molecule has 0 N–H and O–H groups in total. The molecule has 2 nitrogen and oxygen atoms in total. The van der Waals surface area contributed by atoms with Gasteiger partial charge in [0.2, 0.25) is 0 Å². The zero-order valence-electron chi connectivity index (χ0n) is 2.37. The Hall–Kier alpha value is 1.37. The van der Waals surface area contributed by atoms with E-state index in [2.05, 4.69) is 23.7 Å².